The van der Waals surface area contributed by atoms with Gasteiger partial charge in [0.15, 0.2) is 0 Å². The molecule has 0 amide bonds. The SMILES string of the molecule is CSOCCCC(C)OSC. The average Bonchev–Trinajstić information content (AvgIpc) is 1.99. The molecule has 0 saturated heterocycles. The lowest BCUT2D eigenvalue weighted by Crippen LogP contribution is -2.03. The van der Waals surface area contributed by atoms with Gasteiger partial charge in [-0.1, -0.05) is 0 Å². The topological polar surface area (TPSA) is 18.5 Å². The largest absolute Gasteiger partial charge is 0.316 e. The minimum absolute atomic E-state index is 0.343. The summed E-state index contributed by atoms with van der Waals surface area (Å²) in [6, 6.07) is 0. The smallest absolute Gasteiger partial charge is 0.0695 e. The first-order valence-electron chi connectivity index (χ1n) is 3.66. The summed E-state index contributed by atoms with van der Waals surface area (Å²) in [5.41, 5.74) is 0. The fraction of sp³-hybridized carbons (Fsp3) is 1.00. The second-order valence-electron chi connectivity index (χ2n) is 2.20. The van der Waals surface area contributed by atoms with Gasteiger partial charge in [-0.3, -0.25) is 0 Å². The van der Waals surface area contributed by atoms with Crippen molar-refractivity contribution >= 4 is 24.1 Å². The second-order valence-corrected chi connectivity index (χ2v) is 3.30. The summed E-state index contributed by atoms with van der Waals surface area (Å²) in [7, 11) is 0. The van der Waals surface area contributed by atoms with Crippen LogP contribution >= 0.6 is 24.1 Å². The molecule has 0 fully saturated rings. The first kappa shape index (κ1) is 11.6. The molecule has 0 aliphatic rings. The maximum absolute atomic E-state index is 5.28. The van der Waals surface area contributed by atoms with Crippen molar-refractivity contribution < 1.29 is 8.37 Å². The zero-order valence-corrected chi connectivity index (χ0v) is 8.96. The predicted octanol–water partition coefficient (Wildman–Crippen LogP) is 2.74. The van der Waals surface area contributed by atoms with Crippen molar-refractivity contribution in [1.82, 2.24) is 0 Å². The van der Waals surface area contributed by atoms with Gasteiger partial charge in [-0.15, -0.1) is 0 Å². The third kappa shape index (κ3) is 8.53. The summed E-state index contributed by atoms with van der Waals surface area (Å²) in [6.45, 7) is 2.90. The molecular formula is C7H16O2S2. The molecule has 0 radical (unpaired) electrons. The summed E-state index contributed by atoms with van der Waals surface area (Å²) >= 11 is 2.85. The van der Waals surface area contributed by atoms with Crippen molar-refractivity contribution in [3.8, 4) is 0 Å². The molecule has 0 spiro atoms. The molecule has 0 rings (SSSR count). The Bertz CT molecular complexity index is 80.8. The third-order valence-corrected chi connectivity index (χ3v) is 2.14. The average molecular weight is 196 g/mol. The van der Waals surface area contributed by atoms with E-state index < -0.39 is 0 Å². The minimum atomic E-state index is 0.343. The maximum atomic E-state index is 5.28. The molecule has 68 valence electrons. The van der Waals surface area contributed by atoms with Crippen LogP contribution in [0, 0.1) is 0 Å². The van der Waals surface area contributed by atoms with E-state index in [0.717, 1.165) is 19.4 Å². The second kappa shape index (κ2) is 8.71. The highest BCUT2D eigenvalue weighted by molar-refractivity contribution is 7.94. The Hall–Kier alpha value is 0.620. The van der Waals surface area contributed by atoms with Crippen molar-refractivity contribution in [3.05, 3.63) is 0 Å². The van der Waals surface area contributed by atoms with Gasteiger partial charge in [0.1, 0.15) is 0 Å². The van der Waals surface area contributed by atoms with Gasteiger partial charge in [-0.05, 0) is 43.9 Å². The van der Waals surface area contributed by atoms with Crippen LogP contribution in [-0.4, -0.2) is 25.2 Å². The highest BCUT2D eigenvalue weighted by atomic mass is 32.2. The Morgan fingerprint density at radius 2 is 2.00 bits per heavy atom. The van der Waals surface area contributed by atoms with Crippen molar-refractivity contribution in [3.63, 3.8) is 0 Å². The van der Waals surface area contributed by atoms with Crippen LogP contribution in [0.25, 0.3) is 0 Å². The summed E-state index contributed by atoms with van der Waals surface area (Å²) in [5.74, 6) is 0. The number of rotatable bonds is 7. The Balaban J connectivity index is 2.97. The number of hydrogen-bond acceptors (Lipinski definition) is 4. The Morgan fingerprint density at radius 1 is 1.27 bits per heavy atom. The molecule has 0 heterocycles. The van der Waals surface area contributed by atoms with Gasteiger partial charge < -0.3 is 8.37 Å². The molecule has 0 N–H and O–H groups in total. The molecule has 0 bridgehead atoms. The van der Waals surface area contributed by atoms with Crippen LogP contribution in [0.4, 0.5) is 0 Å². The van der Waals surface area contributed by atoms with Gasteiger partial charge >= 0.3 is 0 Å². The summed E-state index contributed by atoms with van der Waals surface area (Å²) in [6.07, 6.45) is 6.36. The molecule has 0 aromatic heterocycles. The highest BCUT2D eigenvalue weighted by Crippen LogP contribution is 2.09. The van der Waals surface area contributed by atoms with Crippen LogP contribution in [0.5, 0.6) is 0 Å². The molecule has 0 aromatic carbocycles. The molecule has 1 atom stereocenters. The van der Waals surface area contributed by atoms with E-state index in [9.17, 15) is 0 Å². The van der Waals surface area contributed by atoms with Crippen molar-refractivity contribution in [1.29, 1.82) is 0 Å². The summed E-state index contributed by atoms with van der Waals surface area (Å²) in [5, 5.41) is 0. The monoisotopic (exact) mass is 196 g/mol. The molecule has 0 aliphatic carbocycles. The zero-order chi connectivity index (χ0) is 8.53. The Labute approximate surface area is 77.8 Å². The molecule has 11 heavy (non-hydrogen) atoms. The van der Waals surface area contributed by atoms with Gasteiger partial charge in [0.25, 0.3) is 0 Å². The van der Waals surface area contributed by atoms with Crippen LogP contribution < -0.4 is 0 Å². The molecule has 2 nitrogen and oxygen atoms in total. The van der Waals surface area contributed by atoms with Crippen molar-refractivity contribution in [2.75, 3.05) is 19.1 Å². The summed E-state index contributed by atoms with van der Waals surface area (Å²) in [4.78, 5) is 0. The highest BCUT2D eigenvalue weighted by Gasteiger charge is 2.00. The Kier molecular flexibility index (Phi) is 9.21. The van der Waals surface area contributed by atoms with E-state index in [0.29, 0.717) is 6.10 Å². The van der Waals surface area contributed by atoms with E-state index in [1.54, 1.807) is 0 Å². The lowest BCUT2D eigenvalue weighted by Gasteiger charge is -2.08. The first-order valence-corrected chi connectivity index (χ1v) is 5.96. The lowest BCUT2D eigenvalue weighted by atomic mass is 10.2. The van der Waals surface area contributed by atoms with E-state index in [-0.39, 0.29) is 0 Å². The quantitative estimate of drug-likeness (QED) is 0.460. The van der Waals surface area contributed by atoms with Gasteiger partial charge in [-0.2, -0.15) is 0 Å². The van der Waals surface area contributed by atoms with E-state index in [2.05, 4.69) is 6.92 Å². The summed E-state index contributed by atoms with van der Waals surface area (Å²) < 4.78 is 10.4. The molecular weight excluding hydrogens is 180 g/mol. The van der Waals surface area contributed by atoms with E-state index in [4.69, 9.17) is 8.37 Å². The molecule has 1 unspecified atom stereocenters. The zero-order valence-electron chi connectivity index (χ0n) is 7.33. The van der Waals surface area contributed by atoms with Crippen molar-refractivity contribution in [2.24, 2.45) is 0 Å². The Morgan fingerprint density at radius 3 is 2.55 bits per heavy atom. The molecule has 0 aromatic rings. The van der Waals surface area contributed by atoms with Crippen LogP contribution in [0.3, 0.4) is 0 Å². The van der Waals surface area contributed by atoms with Gasteiger partial charge in [-0.25, -0.2) is 0 Å². The normalized spacial score (nSPS) is 13.4. The minimum Gasteiger partial charge on any atom is -0.316 e. The molecule has 0 aliphatic heterocycles. The van der Waals surface area contributed by atoms with E-state index >= 15 is 0 Å². The van der Waals surface area contributed by atoms with E-state index in [1.807, 2.05) is 12.5 Å². The molecule has 4 heteroatoms. The third-order valence-electron chi connectivity index (χ3n) is 1.22. The molecule has 0 saturated carbocycles. The van der Waals surface area contributed by atoms with Gasteiger partial charge in [0, 0.05) is 12.5 Å². The van der Waals surface area contributed by atoms with Crippen LogP contribution in [0.1, 0.15) is 19.8 Å². The fourth-order valence-corrected chi connectivity index (χ4v) is 1.43. The van der Waals surface area contributed by atoms with Crippen LogP contribution in [0.15, 0.2) is 0 Å². The van der Waals surface area contributed by atoms with Gasteiger partial charge in [0.2, 0.25) is 0 Å². The van der Waals surface area contributed by atoms with Crippen molar-refractivity contribution in [2.45, 2.75) is 25.9 Å². The van der Waals surface area contributed by atoms with E-state index in [1.165, 1.54) is 24.1 Å². The van der Waals surface area contributed by atoms with Crippen LogP contribution in [-0.2, 0) is 8.37 Å². The fourth-order valence-electron chi connectivity index (χ4n) is 0.725. The number of hydrogen-bond donors (Lipinski definition) is 0. The first-order chi connectivity index (χ1) is 5.31. The van der Waals surface area contributed by atoms with Gasteiger partial charge in [0.05, 0.1) is 12.7 Å². The lowest BCUT2D eigenvalue weighted by molar-refractivity contribution is 0.233. The standard InChI is InChI=1S/C7H16O2S2/c1-7(9-11-3)5-4-6-8-10-2/h7H,4-6H2,1-3H3. The maximum Gasteiger partial charge on any atom is 0.0695 e. The predicted molar refractivity (Wildman–Crippen MR) is 52.8 cm³/mol. The van der Waals surface area contributed by atoms with Crippen LogP contribution in [0.2, 0.25) is 0 Å².